The molecule has 1 amide bonds. The molecule has 0 saturated heterocycles. The molecule has 1 aromatic heterocycles. The summed E-state index contributed by atoms with van der Waals surface area (Å²) in [5.74, 6) is 1.08. The fourth-order valence-corrected chi connectivity index (χ4v) is 3.18. The van der Waals surface area contributed by atoms with Gasteiger partial charge in [-0.2, -0.15) is 0 Å². The molecule has 9 heteroatoms. The number of amides is 1. The van der Waals surface area contributed by atoms with E-state index in [1.165, 1.54) is 13.1 Å². The third-order valence-electron chi connectivity index (χ3n) is 3.40. The van der Waals surface area contributed by atoms with E-state index in [4.69, 9.17) is 4.74 Å². The normalized spacial score (nSPS) is 11.3. The minimum atomic E-state index is -3.61. The Bertz CT molecular complexity index is 826. The zero-order chi connectivity index (χ0) is 18.4. The number of imidazole rings is 1. The first-order valence-electron chi connectivity index (χ1n) is 7.78. The number of ether oxygens (including phenoxy) is 1. The van der Waals surface area contributed by atoms with Crippen LogP contribution < -0.4 is 14.8 Å². The van der Waals surface area contributed by atoms with Crippen LogP contribution in [0.15, 0.2) is 35.5 Å². The number of benzene rings is 1. The van der Waals surface area contributed by atoms with Crippen LogP contribution in [-0.4, -0.2) is 37.0 Å². The number of hydrogen-bond acceptors (Lipinski definition) is 5. The highest BCUT2D eigenvalue weighted by Crippen LogP contribution is 2.17. The topological polar surface area (TPSA) is 102 Å². The predicted molar refractivity (Wildman–Crippen MR) is 94.0 cm³/mol. The van der Waals surface area contributed by atoms with Gasteiger partial charge in [-0.3, -0.25) is 4.79 Å². The molecule has 2 aromatic rings. The van der Waals surface area contributed by atoms with E-state index >= 15 is 0 Å². The molecule has 0 unspecified atom stereocenters. The van der Waals surface area contributed by atoms with Crippen molar-refractivity contribution in [2.75, 3.05) is 18.5 Å². The summed E-state index contributed by atoms with van der Waals surface area (Å²) in [6.07, 6.45) is 1.97. The average molecular weight is 366 g/mol. The molecule has 0 bridgehead atoms. The van der Waals surface area contributed by atoms with E-state index in [0.717, 1.165) is 0 Å². The first-order chi connectivity index (χ1) is 11.8. The summed E-state index contributed by atoms with van der Waals surface area (Å²) in [7, 11) is -1.87. The zero-order valence-electron chi connectivity index (χ0n) is 14.4. The van der Waals surface area contributed by atoms with Gasteiger partial charge < -0.3 is 14.6 Å². The first-order valence-corrected chi connectivity index (χ1v) is 9.26. The molecular weight excluding hydrogens is 344 g/mol. The number of carbonyl (C=O) groups excluding carboxylic acids is 1. The smallest absolute Gasteiger partial charge is 0.259 e. The Hall–Kier alpha value is -2.39. The quantitative estimate of drug-likeness (QED) is 0.688. The van der Waals surface area contributed by atoms with Gasteiger partial charge >= 0.3 is 0 Å². The second kappa shape index (κ2) is 8.13. The lowest BCUT2D eigenvalue weighted by Crippen LogP contribution is -2.26. The predicted octanol–water partition coefficient (Wildman–Crippen LogP) is 1.43. The Morgan fingerprint density at radius 1 is 1.36 bits per heavy atom. The van der Waals surface area contributed by atoms with Gasteiger partial charge in [-0.25, -0.2) is 18.1 Å². The number of aromatic nitrogens is 2. The maximum Gasteiger partial charge on any atom is 0.259 e. The summed E-state index contributed by atoms with van der Waals surface area (Å²) >= 11 is 0. The average Bonchev–Trinajstić information content (AvgIpc) is 2.87. The maximum atomic E-state index is 12.1. The van der Waals surface area contributed by atoms with Crippen LogP contribution in [0, 0.1) is 6.92 Å². The number of carbonyl (C=O) groups is 1. The molecule has 0 spiro atoms. The highest BCUT2D eigenvalue weighted by Gasteiger charge is 2.17. The van der Waals surface area contributed by atoms with E-state index in [1.54, 1.807) is 42.8 Å². The third kappa shape index (κ3) is 5.57. The Kier molecular flexibility index (Phi) is 6.16. The van der Waals surface area contributed by atoms with Crippen molar-refractivity contribution in [3.8, 4) is 5.75 Å². The summed E-state index contributed by atoms with van der Waals surface area (Å²) in [4.78, 5) is 15.0. The van der Waals surface area contributed by atoms with E-state index in [1.807, 2.05) is 0 Å². The van der Waals surface area contributed by atoms with Gasteiger partial charge in [0, 0.05) is 38.5 Å². The molecule has 136 valence electrons. The van der Waals surface area contributed by atoms with Crippen LogP contribution >= 0.6 is 0 Å². The molecule has 25 heavy (non-hydrogen) atoms. The van der Waals surface area contributed by atoms with E-state index in [9.17, 15) is 13.2 Å². The summed E-state index contributed by atoms with van der Waals surface area (Å²) in [5, 5.41) is 2.68. The number of sulfonamides is 1. The number of anilines is 1. The molecule has 8 nitrogen and oxygen atoms in total. The summed E-state index contributed by atoms with van der Waals surface area (Å²) in [6, 6.07) is 7.01. The van der Waals surface area contributed by atoms with Crippen molar-refractivity contribution >= 4 is 21.6 Å². The molecule has 0 radical (unpaired) electrons. The number of hydrogen-bond donors (Lipinski definition) is 2. The van der Waals surface area contributed by atoms with Crippen LogP contribution in [0.1, 0.15) is 19.2 Å². The molecule has 1 aromatic carbocycles. The molecule has 0 saturated carbocycles. The van der Waals surface area contributed by atoms with Gasteiger partial charge in [0.2, 0.25) is 5.91 Å². The van der Waals surface area contributed by atoms with Crippen LogP contribution in [0.25, 0.3) is 0 Å². The Balaban J connectivity index is 1.79. The first kappa shape index (κ1) is 18.9. The third-order valence-corrected chi connectivity index (χ3v) is 4.73. The van der Waals surface area contributed by atoms with E-state index in [2.05, 4.69) is 15.0 Å². The Morgan fingerprint density at radius 2 is 2.12 bits per heavy atom. The van der Waals surface area contributed by atoms with Gasteiger partial charge in [0.05, 0.1) is 6.61 Å². The van der Waals surface area contributed by atoms with Crippen LogP contribution in [-0.2, 0) is 21.9 Å². The number of aryl methyl sites for hydroxylation is 2. The fraction of sp³-hybridized carbons (Fsp3) is 0.375. The lowest BCUT2D eigenvalue weighted by molar-refractivity contribution is -0.114. The largest absolute Gasteiger partial charge is 0.493 e. The molecule has 0 aliphatic carbocycles. The summed E-state index contributed by atoms with van der Waals surface area (Å²) in [6.45, 7) is 3.75. The second-order valence-corrected chi connectivity index (χ2v) is 7.26. The van der Waals surface area contributed by atoms with Gasteiger partial charge in [-0.05, 0) is 25.5 Å². The zero-order valence-corrected chi connectivity index (χ0v) is 15.3. The van der Waals surface area contributed by atoms with Crippen molar-refractivity contribution in [1.82, 2.24) is 14.3 Å². The van der Waals surface area contributed by atoms with Gasteiger partial charge in [-0.1, -0.05) is 6.07 Å². The minimum absolute atomic E-state index is 0.0106. The van der Waals surface area contributed by atoms with E-state index < -0.39 is 10.0 Å². The highest BCUT2D eigenvalue weighted by atomic mass is 32.2. The van der Waals surface area contributed by atoms with Gasteiger partial charge in [0.25, 0.3) is 10.0 Å². The monoisotopic (exact) mass is 366 g/mol. The van der Waals surface area contributed by atoms with Gasteiger partial charge in [0.1, 0.15) is 11.6 Å². The SMILES string of the molecule is CC(=O)Nc1cccc(OCCCNS(=O)(=O)c2cn(C)c(C)n2)c1. The van der Waals surface area contributed by atoms with Crippen LogP contribution in [0.4, 0.5) is 5.69 Å². The number of nitrogens with zero attached hydrogens (tertiary/aromatic N) is 2. The van der Waals surface area contributed by atoms with Gasteiger partial charge in [-0.15, -0.1) is 0 Å². The molecule has 0 aliphatic heterocycles. The Labute approximate surface area is 147 Å². The van der Waals surface area contributed by atoms with E-state index in [-0.39, 0.29) is 17.5 Å². The van der Waals surface area contributed by atoms with Gasteiger partial charge in [0.15, 0.2) is 5.03 Å². The number of nitrogens with one attached hydrogen (secondary N) is 2. The molecule has 0 fully saturated rings. The molecule has 2 N–H and O–H groups in total. The summed E-state index contributed by atoms with van der Waals surface area (Å²) < 4.78 is 33.9. The van der Waals surface area contributed by atoms with Crippen molar-refractivity contribution in [2.24, 2.45) is 7.05 Å². The lowest BCUT2D eigenvalue weighted by atomic mass is 10.3. The van der Waals surface area contributed by atoms with Crippen molar-refractivity contribution in [2.45, 2.75) is 25.3 Å². The minimum Gasteiger partial charge on any atom is -0.493 e. The molecule has 1 heterocycles. The number of rotatable bonds is 8. The van der Waals surface area contributed by atoms with Crippen LogP contribution in [0.3, 0.4) is 0 Å². The fourth-order valence-electron chi connectivity index (χ4n) is 2.07. The molecule has 0 atom stereocenters. The van der Waals surface area contributed by atoms with Crippen LogP contribution in [0.5, 0.6) is 5.75 Å². The highest BCUT2D eigenvalue weighted by molar-refractivity contribution is 7.89. The molecular formula is C16H22N4O4S. The summed E-state index contributed by atoms with van der Waals surface area (Å²) in [5.41, 5.74) is 0.649. The molecule has 0 aliphatic rings. The van der Waals surface area contributed by atoms with Crippen molar-refractivity contribution < 1.29 is 17.9 Å². The van der Waals surface area contributed by atoms with E-state index in [0.29, 0.717) is 30.3 Å². The van der Waals surface area contributed by atoms with Crippen molar-refractivity contribution in [1.29, 1.82) is 0 Å². The maximum absolute atomic E-state index is 12.1. The Morgan fingerprint density at radius 3 is 2.76 bits per heavy atom. The second-order valence-electron chi connectivity index (χ2n) is 5.55. The van der Waals surface area contributed by atoms with Crippen molar-refractivity contribution in [3.63, 3.8) is 0 Å². The van der Waals surface area contributed by atoms with Crippen LogP contribution in [0.2, 0.25) is 0 Å². The standard InChI is InChI=1S/C16H22N4O4S/c1-12-18-16(11-20(12)3)25(22,23)17-8-5-9-24-15-7-4-6-14(10-15)19-13(2)21/h4,6-7,10-11,17H,5,8-9H2,1-3H3,(H,19,21). The van der Waals surface area contributed by atoms with Crippen molar-refractivity contribution in [3.05, 3.63) is 36.3 Å². The lowest BCUT2D eigenvalue weighted by Gasteiger charge is -2.09. The molecule has 2 rings (SSSR count).